The lowest BCUT2D eigenvalue weighted by atomic mass is 9.99. The molecule has 0 fully saturated rings. The van der Waals surface area contributed by atoms with E-state index in [1.807, 2.05) is 0 Å². The second-order valence-corrected chi connectivity index (χ2v) is 11.1. The van der Waals surface area contributed by atoms with Crippen LogP contribution in [-0.2, 0) is 20.0 Å². The van der Waals surface area contributed by atoms with Crippen molar-refractivity contribution in [1.29, 1.82) is 0 Å². The van der Waals surface area contributed by atoms with E-state index in [1.54, 1.807) is 48.5 Å². The zero-order valence-electron chi connectivity index (χ0n) is 18.3. The van der Waals surface area contributed by atoms with Gasteiger partial charge in [0.25, 0.3) is 15.9 Å². The molecule has 34 heavy (non-hydrogen) atoms. The second-order valence-electron chi connectivity index (χ2n) is 7.77. The Labute approximate surface area is 198 Å². The normalized spacial score (nSPS) is 11.9. The highest BCUT2D eigenvalue weighted by Crippen LogP contribution is 2.28. The van der Waals surface area contributed by atoms with Crippen LogP contribution in [0.25, 0.3) is 11.1 Å². The fourth-order valence-electron chi connectivity index (χ4n) is 3.05. The number of nitrogens with zero attached hydrogens (tertiary/aromatic N) is 1. The van der Waals surface area contributed by atoms with Gasteiger partial charge in [-0.2, -0.15) is 12.7 Å². The number of benzene rings is 3. The molecule has 3 N–H and O–H groups in total. The van der Waals surface area contributed by atoms with Crippen LogP contribution in [0, 0.1) is 12.0 Å². The lowest BCUT2D eigenvalue weighted by molar-refractivity contribution is 0.0905. The summed E-state index contributed by atoms with van der Waals surface area (Å²) in [6.07, 6.45) is 0. The third-order valence-electron chi connectivity index (χ3n) is 4.56. The predicted octanol–water partition coefficient (Wildman–Crippen LogP) is 2.56. The van der Waals surface area contributed by atoms with E-state index in [0.29, 0.717) is 11.1 Å². The molecule has 0 aliphatic rings. The maximum atomic E-state index is 13.6. The Morgan fingerprint density at radius 2 is 1.38 bits per heavy atom. The molecule has 0 saturated carbocycles. The summed E-state index contributed by atoms with van der Waals surface area (Å²) in [6, 6.07) is 22.0. The molecule has 0 unspecified atom stereocenters. The first-order chi connectivity index (χ1) is 15.8. The topological polar surface area (TPSA) is 135 Å². The molecule has 3 rings (SSSR count). The van der Waals surface area contributed by atoms with Gasteiger partial charge in [-0.15, -0.1) is 0 Å². The minimum atomic E-state index is -4.84. The van der Waals surface area contributed by atoms with E-state index in [1.165, 1.54) is 32.0 Å². The summed E-state index contributed by atoms with van der Waals surface area (Å²) >= 11 is 0. The first-order valence-corrected chi connectivity index (χ1v) is 12.9. The number of aliphatic hydroxyl groups is 1. The predicted molar refractivity (Wildman–Crippen MR) is 127 cm³/mol. The van der Waals surface area contributed by atoms with E-state index >= 15 is 0 Å². The van der Waals surface area contributed by atoms with Crippen LogP contribution in [0.5, 0.6) is 0 Å². The van der Waals surface area contributed by atoms with Crippen molar-refractivity contribution in [2.75, 3.05) is 0 Å². The Hall–Kier alpha value is -3.49. The van der Waals surface area contributed by atoms with Crippen molar-refractivity contribution in [3.63, 3.8) is 0 Å². The molecule has 0 radical (unpaired) electrons. The van der Waals surface area contributed by atoms with Gasteiger partial charge in [0.1, 0.15) is 15.4 Å². The molecule has 8 nitrogen and oxygen atoms in total. The number of hydrogen-bond donors (Lipinski definition) is 2. The average molecular weight is 499 g/mol. The van der Waals surface area contributed by atoms with Crippen LogP contribution in [0.1, 0.15) is 24.2 Å². The second kappa shape index (κ2) is 9.40. The number of amides is 1. The minimum absolute atomic E-state index is 0.00964. The lowest BCUT2D eigenvalue weighted by Gasteiger charge is -2.20. The molecule has 3 aromatic rings. The van der Waals surface area contributed by atoms with Crippen LogP contribution < -0.4 is 5.14 Å². The number of primary sulfonamides is 1. The number of nitrogens with two attached hydrogens (primary N) is 1. The molecule has 1 amide bonds. The van der Waals surface area contributed by atoms with Gasteiger partial charge in [0.05, 0.1) is 0 Å². The van der Waals surface area contributed by atoms with Crippen molar-refractivity contribution in [3.8, 4) is 23.1 Å². The van der Waals surface area contributed by atoms with Crippen molar-refractivity contribution in [2.24, 2.45) is 5.14 Å². The SMILES string of the molecule is CC(C)(O)C#CN(C(=O)c1ccccc1-c1ccccc1)S(=O)(=O)c1ccccc1S(N)(=O)=O. The molecule has 0 aliphatic heterocycles. The average Bonchev–Trinajstić information content (AvgIpc) is 2.78. The third kappa shape index (κ3) is 5.52. The Bertz CT molecular complexity index is 1500. The van der Waals surface area contributed by atoms with Gasteiger partial charge >= 0.3 is 0 Å². The number of rotatable bonds is 5. The van der Waals surface area contributed by atoms with Gasteiger partial charge in [-0.05, 0) is 49.1 Å². The zero-order valence-corrected chi connectivity index (χ0v) is 20.0. The maximum absolute atomic E-state index is 13.6. The van der Waals surface area contributed by atoms with Crippen molar-refractivity contribution in [3.05, 3.63) is 84.4 Å². The monoisotopic (exact) mass is 498 g/mol. The van der Waals surface area contributed by atoms with E-state index in [9.17, 15) is 26.7 Å². The van der Waals surface area contributed by atoms with Crippen LogP contribution in [0.4, 0.5) is 0 Å². The molecule has 0 atom stereocenters. The van der Waals surface area contributed by atoms with Crippen LogP contribution >= 0.6 is 0 Å². The number of hydrogen-bond acceptors (Lipinski definition) is 6. The smallest absolute Gasteiger partial charge is 0.280 e. The summed E-state index contributed by atoms with van der Waals surface area (Å²) in [4.78, 5) is 12.2. The molecule has 0 bridgehead atoms. The van der Waals surface area contributed by atoms with Crippen LogP contribution in [0.3, 0.4) is 0 Å². The molecule has 0 aliphatic carbocycles. The van der Waals surface area contributed by atoms with Gasteiger partial charge in [-0.3, -0.25) is 4.79 Å². The molecular formula is C24H22N2O6S2. The Kier molecular flexibility index (Phi) is 6.95. The Morgan fingerprint density at radius 1 is 0.853 bits per heavy atom. The molecule has 176 valence electrons. The van der Waals surface area contributed by atoms with Gasteiger partial charge in [0.15, 0.2) is 0 Å². The largest absolute Gasteiger partial charge is 0.378 e. The number of sulfonamides is 2. The quantitative estimate of drug-likeness (QED) is 0.410. The first-order valence-electron chi connectivity index (χ1n) is 9.93. The standard InChI is InChI=1S/C24H22N2O6S2/c1-24(2,28)16-17-26(34(31,32)22-15-9-8-14-21(22)33(25,29)30)23(27)20-13-7-6-12-19(20)18-10-4-3-5-11-18/h3-15,28H,1-2H3,(H2,25,29,30). The number of carbonyl (C=O) groups excluding carboxylic acids is 1. The molecule has 10 heteroatoms. The molecular weight excluding hydrogens is 476 g/mol. The van der Waals surface area contributed by atoms with E-state index in [2.05, 4.69) is 12.0 Å². The van der Waals surface area contributed by atoms with Gasteiger partial charge in [0, 0.05) is 11.6 Å². The summed E-state index contributed by atoms with van der Waals surface area (Å²) in [6.45, 7) is 2.62. The fourth-order valence-corrected chi connectivity index (χ4v) is 5.59. The van der Waals surface area contributed by atoms with Crippen molar-refractivity contribution < 1.29 is 26.7 Å². The number of carbonyl (C=O) groups is 1. The summed E-state index contributed by atoms with van der Waals surface area (Å²) in [5, 5.41) is 15.3. The third-order valence-corrected chi connectivity index (χ3v) is 7.31. The van der Waals surface area contributed by atoms with Crippen molar-refractivity contribution in [1.82, 2.24) is 4.31 Å². The maximum Gasteiger partial charge on any atom is 0.280 e. The van der Waals surface area contributed by atoms with E-state index in [4.69, 9.17) is 5.14 Å². The van der Waals surface area contributed by atoms with Crippen molar-refractivity contribution >= 4 is 26.0 Å². The van der Waals surface area contributed by atoms with Gasteiger partial charge in [-0.1, -0.05) is 60.7 Å². The van der Waals surface area contributed by atoms with Crippen LogP contribution in [0.2, 0.25) is 0 Å². The van der Waals surface area contributed by atoms with E-state index in [0.717, 1.165) is 12.1 Å². The van der Waals surface area contributed by atoms with Gasteiger partial charge in [-0.25, -0.2) is 13.6 Å². The Balaban J connectivity index is 2.26. The first kappa shape index (κ1) is 25.1. The summed E-state index contributed by atoms with van der Waals surface area (Å²) in [7, 11) is -9.29. The summed E-state index contributed by atoms with van der Waals surface area (Å²) in [5.74, 6) is 1.29. The highest BCUT2D eigenvalue weighted by molar-refractivity contribution is 7.92. The highest BCUT2D eigenvalue weighted by Gasteiger charge is 2.34. The summed E-state index contributed by atoms with van der Waals surface area (Å²) < 4.78 is 51.5. The lowest BCUT2D eigenvalue weighted by Crippen LogP contribution is -2.35. The molecule has 0 aromatic heterocycles. The van der Waals surface area contributed by atoms with Crippen LogP contribution in [-0.4, -0.2) is 37.8 Å². The molecule has 3 aromatic carbocycles. The highest BCUT2D eigenvalue weighted by atomic mass is 32.2. The molecule has 0 saturated heterocycles. The zero-order chi connectivity index (χ0) is 25.1. The van der Waals surface area contributed by atoms with E-state index < -0.39 is 41.3 Å². The van der Waals surface area contributed by atoms with Gasteiger partial charge in [0.2, 0.25) is 10.0 Å². The minimum Gasteiger partial charge on any atom is -0.378 e. The summed E-state index contributed by atoms with van der Waals surface area (Å²) in [5.41, 5.74) is -0.537. The Morgan fingerprint density at radius 3 is 1.97 bits per heavy atom. The van der Waals surface area contributed by atoms with Crippen molar-refractivity contribution in [2.45, 2.75) is 29.2 Å². The molecule has 0 heterocycles. The van der Waals surface area contributed by atoms with Crippen LogP contribution in [0.15, 0.2) is 88.7 Å². The fraction of sp³-hybridized carbons (Fsp3) is 0.125. The molecule has 0 spiro atoms. The van der Waals surface area contributed by atoms with E-state index in [-0.39, 0.29) is 9.87 Å². The van der Waals surface area contributed by atoms with Gasteiger partial charge < -0.3 is 5.11 Å².